The number of ether oxygens (including phenoxy) is 2. The third-order valence-corrected chi connectivity index (χ3v) is 4.12. The Bertz CT molecular complexity index is 556. The van der Waals surface area contributed by atoms with Crippen LogP contribution in [0.1, 0.15) is 37.8 Å². The van der Waals surface area contributed by atoms with E-state index >= 15 is 0 Å². The van der Waals surface area contributed by atoms with E-state index in [-0.39, 0.29) is 31.1 Å². The van der Waals surface area contributed by atoms with Crippen molar-refractivity contribution in [3.05, 3.63) is 29.8 Å². The lowest BCUT2D eigenvalue weighted by Gasteiger charge is -2.21. The van der Waals surface area contributed by atoms with Crippen molar-refractivity contribution >= 4 is 11.8 Å². The summed E-state index contributed by atoms with van der Waals surface area (Å²) in [5.41, 5.74) is 0.874. The van der Waals surface area contributed by atoms with Crippen LogP contribution in [0.4, 0.5) is 0 Å². The van der Waals surface area contributed by atoms with Crippen LogP contribution in [-0.2, 0) is 14.3 Å². The van der Waals surface area contributed by atoms with Crippen molar-refractivity contribution in [3.63, 3.8) is 0 Å². The first-order chi connectivity index (χ1) is 11.7. The first-order valence-corrected chi connectivity index (χ1v) is 8.43. The molecule has 0 aromatic heterocycles. The second-order valence-electron chi connectivity index (χ2n) is 5.88. The lowest BCUT2D eigenvalue weighted by Crippen LogP contribution is -2.33. The third kappa shape index (κ3) is 4.96. The smallest absolute Gasteiger partial charge is 0.260 e. The second-order valence-corrected chi connectivity index (χ2v) is 5.88. The molecule has 0 aliphatic carbocycles. The van der Waals surface area contributed by atoms with Crippen molar-refractivity contribution in [2.45, 2.75) is 32.2 Å². The summed E-state index contributed by atoms with van der Waals surface area (Å²) >= 11 is 0. The van der Waals surface area contributed by atoms with E-state index in [9.17, 15) is 9.59 Å². The van der Waals surface area contributed by atoms with E-state index in [1.54, 1.807) is 0 Å². The number of carbonyl (C=O) groups excluding carboxylic acids is 2. The van der Waals surface area contributed by atoms with Crippen molar-refractivity contribution in [1.82, 2.24) is 10.2 Å². The summed E-state index contributed by atoms with van der Waals surface area (Å²) < 4.78 is 10.6. The summed E-state index contributed by atoms with van der Waals surface area (Å²) in [6.07, 6.45) is 2.84. The van der Waals surface area contributed by atoms with Gasteiger partial charge in [-0.15, -0.1) is 0 Å². The number of hydrogen-bond acceptors (Lipinski definition) is 4. The van der Waals surface area contributed by atoms with Gasteiger partial charge in [-0.1, -0.05) is 25.1 Å². The Kier molecular flexibility index (Phi) is 7.06. The van der Waals surface area contributed by atoms with Crippen molar-refractivity contribution in [1.29, 1.82) is 0 Å². The molecule has 2 rings (SSSR count). The molecule has 6 nitrogen and oxygen atoms in total. The zero-order valence-corrected chi connectivity index (χ0v) is 14.4. The van der Waals surface area contributed by atoms with E-state index in [1.165, 1.54) is 7.11 Å². The minimum Gasteiger partial charge on any atom is -0.483 e. The summed E-state index contributed by atoms with van der Waals surface area (Å²) in [5.74, 6) is 0.473. The highest BCUT2D eigenvalue weighted by atomic mass is 16.5. The number of methoxy groups -OCH3 is 1. The third-order valence-electron chi connectivity index (χ3n) is 4.12. The fourth-order valence-corrected chi connectivity index (χ4v) is 2.86. The molecule has 0 spiro atoms. The van der Waals surface area contributed by atoms with Crippen LogP contribution in [0.2, 0.25) is 0 Å². The number of nitrogens with one attached hydrogen (secondary N) is 1. The number of para-hydroxylation sites is 1. The topological polar surface area (TPSA) is 67.9 Å². The molecule has 1 aromatic carbocycles. The number of likely N-dealkylation sites (tertiary alicyclic amines) is 1. The van der Waals surface area contributed by atoms with E-state index in [0.717, 1.165) is 37.9 Å². The zero-order chi connectivity index (χ0) is 17.4. The molecule has 0 saturated carbocycles. The Hall–Kier alpha value is -2.08. The summed E-state index contributed by atoms with van der Waals surface area (Å²) in [7, 11) is 1.49. The van der Waals surface area contributed by atoms with Crippen molar-refractivity contribution in [2.24, 2.45) is 0 Å². The minimum absolute atomic E-state index is 0.0128. The number of amides is 2. The van der Waals surface area contributed by atoms with Gasteiger partial charge in [0.15, 0.2) is 6.61 Å². The summed E-state index contributed by atoms with van der Waals surface area (Å²) in [6.45, 7) is 3.67. The molecule has 0 bridgehead atoms. The monoisotopic (exact) mass is 334 g/mol. The van der Waals surface area contributed by atoms with Crippen LogP contribution in [-0.4, -0.2) is 50.1 Å². The molecule has 1 atom stereocenters. The van der Waals surface area contributed by atoms with Crippen molar-refractivity contribution in [3.8, 4) is 5.75 Å². The molecule has 1 aliphatic heterocycles. The van der Waals surface area contributed by atoms with Crippen LogP contribution >= 0.6 is 0 Å². The maximum Gasteiger partial charge on any atom is 0.260 e. The van der Waals surface area contributed by atoms with Gasteiger partial charge in [0.25, 0.3) is 5.91 Å². The van der Waals surface area contributed by atoms with E-state index in [1.807, 2.05) is 36.1 Å². The van der Waals surface area contributed by atoms with E-state index in [0.29, 0.717) is 5.75 Å². The van der Waals surface area contributed by atoms with Crippen molar-refractivity contribution < 1.29 is 19.1 Å². The molecule has 1 saturated heterocycles. The molecule has 1 N–H and O–H groups in total. The van der Waals surface area contributed by atoms with Crippen LogP contribution in [0.5, 0.6) is 5.75 Å². The lowest BCUT2D eigenvalue weighted by molar-refractivity contribution is -0.132. The van der Waals surface area contributed by atoms with Crippen LogP contribution in [0, 0.1) is 0 Å². The molecular formula is C18H26N2O4. The number of nitrogens with zero attached hydrogens (tertiary/aromatic N) is 1. The van der Waals surface area contributed by atoms with Gasteiger partial charge in [0.2, 0.25) is 5.91 Å². The predicted molar refractivity (Wildman–Crippen MR) is 90.8 cm³/mol. The maximum atomic E-state index is 12.1. The fraction of sp³-hybridized carbons (Fsp3) is 0.556. The Morgan fingerprint density at radius 3 is 2.58 bits per heavy atom. The van der Waals surface area contributed by atoms with Gasteiger partial charge in [-0.05, 0) is 25.3 Å². The van der Waals surface area contributed by atoms with Gasteiger partial charge in [0.05, 0.1) is 6.04 Å². The molecular weight excluding hydrogens is 308 g/mol. The average Bonchev–Trinajstić information content (AvgIpc) is 3.13. The van der Waals surface area contributed by atoms with Gasteiger partial charge >= 0.3 is 0 Å². The van der Waals surface area contributed by atoms with Gasteiger partial charge in [-0.3, -0.25) is 9.59 Å². The van der Waals surface area contributed by atoms with Crippen LogP contribution in [0.25, 0.3) is 0 Å². The highest BCUT2D eigenvalue weighted by molar-refractivity contribution is 5.78. The highest BCUT2D eigenvalue weighted by Crippen LogP contribution is 2.27. The quantitative estimate of drug-likeness (QED) is 0.788. The number of benzene rings is 1. The van der Waals surface area contributed by atoms with Gasteiger partial charge in [0, 0.05) is 25.8 Å². The van der Waals surface area contributed by atoms with Gasteiger partial charge in [-0.2, -0.15) is 0 Å². The van der Waals surface area contributed by atoms with Gasteiger partial charge < -0.3 is 19.7 Å². The maximum absolute atomic E-state index is 12.1. The van der Waals surface area contributed by atoms with Crippen LogP contribution < -0.4 is 10.1 Å². The van der Waals surface area contributed by atoms with Gasteiger partial charge in [-0.25, -0.2) is 0 Å². The highest BCUT2D eigenvalue weighted by Gasteiger charge is 2.20. The fourth-order valence-electron chi connectivity index (χ4n) is 2.86. The Morgan fingerprint density at radius 1 is 1.21 bits per heavy atom. The number of rotatable bonds is 8. The molecule has 1 aliphatic rings. The molecule has 1 fully saturated rings. The van der Waals surface area contributed by atoms with E-state index in [2.05, 4.69) is 5.32 Å². The molecule has 24 heavy (non-hydrogen) atoms. The molecule has 0 radical (unpaired) electrons. The summed E-state index contributed by atoms with van der Waals surface area (Å²) in [4.78, 5) is 25.8. The zero-order valence-electron chi connectivity index (χ0n) is 14.4. The largest absolute Gasteiger partial charge is 0.483 e. The molecule has 6 heteroatoms. The SMILES string of the molecule is CC[C@H](NC(=O)COC)c1ccccc1OCC(=O)N1CCCC1. The standard InChI is InChI=1S/C18H26N2O4/c1-3-15(19-17(21)12-23-2)14-8-4-5-9-16(14)24-13-18(22)20-10-6-7-11-20/h4-5,8-9,15H,3,6-7,10-13H2,1-2H3,(H,19,21)/t15-/m0/s1. The normalized spacial score (nSPS) is 15.2. The second kappa shape index (κ2) is 9.27. The molecule has 1 heterocycles. The Balaban J connectivity index is 2.02. The van der Waals surface area contributed by atoms with E-state index in [4.69, 9.17) is 9.47 Å². The van der Waals surface area contributed by atoms with Crippen molar-refractivity contribution in [2.75, 3.05) is 33.4 Å². The number of hydrogen-bond donors (Lipinski definition) is 1. The Morgan fingerprint density at radius 2 is 1.92 bits per heavy atom. The first kappa shape index (κ1) is 18.3. The van der Waals surface area contributed by atoms with Crippen LogP contribution in [0.15, 0.2) is 24.3 Å². The first-order valence-electron chi connectivity index (χ1n) is 8.43. The lowest BCUT2D eigenvalue weighted by atomic mass is 10.0. The van der Waals surface area contributed by atoms with Crippen LogP contribution in [0.3, 0.4) is 0 Å². The average molecular weight is 334 g/mol. The summed E-state index contributed by atoms with van der Waals surface area (Å²) in [5, 5.41) is 2.93. The van der Waals surface area contributed by atoms with E-state index < -0.39 is 0 Å². The molecule has 1 aromatic rings. The number of carbonyl (C=O) groups is 2. The minimum atomic E-state index is -0.175. The Labute approximate surface area is 143 Å². The van der Waals surface area contributed by atoms with Gasteiger partial charge in [0.1, 0.15) is 12.4 Å². The molecule has 132 valence electrons. The molecule has 0 unspecified atom stereocenters. The predicted octanol–water partition coefficient (Wildman–Crippen LogP) is 1.90. The molecule has 2 amide bonds. The summed E-state index contributed by atoms with van der Waals surface area (Å²) in [6, 6.07) is 7.33.